The van der Waals surface area contributed by atoms with Crippen molar-refractivity contribution in [1.29, 1.82) is 0 Å². The topological polar surface area (TPSA) is 139 Å². The summed E-state index contributed by atoms with van der Waals surface area (Å²) in [6.45, 7) is 0.692. The van der Waals surface area contributed by atoms with Crippen LogP contribution >= 0.6 is 15.9 Å². The van der Waals surface area contributed by atoms with Crippen molar-refractivity contribution in [2.24, 2.45) is 16.5 Å². The van der Waals surface area contributed by atoms with Gasteiger partial charge in [-0.25, -0.2) is 0 Å². The van der Waals surface area contributed by atoms with Gasteiger partial charge in [-0.05, 0) is 25.7 Å². The molecule has 0 aromatic rings. The molecule has 0 spiro atoms. The molecule has 0 rings (SSSR count). The molecule has 0 aliphatic rings. The molecule has 0 heterocycles. The minimum Gasteiger partial charge on any atom is -0.481 e. The van der Waals surface area contributed by atoms with Gasteiger partial charge < -0.3 is 21.7 Å². The molecule has 0 aromatic heterocycles. The van der Waals surface area contributed by atoms with Crippen LogP contribution in [0.3, 0.4) is 0 Å². The van der Waals surface area contributed by atoms with Gasteiger partial charge in [-0.15, -0.1) is 0 Å². The monoisotopic (exact) mass is 451 g/mol. The summed E-state index contributed by atoms with van der Waals surface area (Å²) in [7, 11) is 0. The Kier molecular flexibility index (Phi) is 23.5. The van der Waals surface area contributed by atoms with Gasteiger partial charge in [0.15, 0.2) is 5.96 Å². The first kappa shape index (κ1) is 27.9. The lowest BCUT2D eigenvalue weighted by Crippen LogP contribution is -2.22. The molecule has 0 fully saturated rings. The van der Waals surface area contributed by atoms with Crippen molar-refractivity contribution in [3.05, 3.63) is 0 Å². The Morgan fingerprint density at radius 1 is 0.667 bits per heavy atom. The Balaban J connectivity index is 0. The predicted octanol–water partition coefficient (Wildman–Crippen LogP) is 4.27. The van der Waals surface area contributed by atoms with E-state index in [1.807, 2.05) is 0 Å². The van der Waals surface area contributed by atoms with Gasteiger partial charge in [0, 0.05) is 24.7 Å². The first-order chi connectivity index (χ1) is 12.9. The van der Waals surface area contributed by atoms with Gasteiger partial charge in [-0.1, -0.05) is 67.3 Å². The predicted molar refractivity (Wildman–Crippen MR) is 114 cm³/mol. The Morgan fingerprint density at radius 3 is 1.41 bits per heavy atom. The minimum atomic E-state index is -0.706. The fourth-order valence-electron chi connectivity index (χ4n) is 2.38. The number of hydrogen-bond acceptors (Lipinski definition) is 3. The number of unbranched alkanes of at least 4 members (excludes halogenated alkanes) is 10. The number of halogens is 1. The average Bonchev–Trinajstić information content (AvgIpc) is 2.59. The van der Waals surface area contributed by atoms with Gasteiger partial charge in [0.25, 0.3) is 0 Å². The molecule has 0 bridgehead atoms. The summed E-state index contributed by atoms with van der Waals surface area (Å²) < 4.78 is 0. The van der Waals surface area contributed by atoms with Crippen LogP contribution in [0.2, 0.25) is 0 Å². The van der Waals surface area contributed by atoms with Crippen LogP contribution in [0, 0.1) is 0 Å². The largest absolute Gasteiger partial charge is 0.481 e. The van der Waals surface area contributed by atoms with Gasteiger partial charge >= 0.3 is 11.9 Å². The molecular formula is C19H38BrN3O4. The Hall–Kier alpha value is -1.31. The highest BCUT2D eigenvalue weighted by Gasteiger charge is 1.97. The fraction of sp³-hybridized carbons (Fsp3) is 0.842. The smallest absolute Gasteiger partial charge is 0.303 e. The molecule has 0 aromatic carbocycles. The summed E-state index contributed by atoms with van der Waals surface area (Å²) in [6.07, 6.45) is 13.5. The van der Waals surface area contributed by atoms with Crippen molar-refractivity contribution in [3.63, 3.8) is 0 Å². The molecule has 0 unspecified atom stereocenters. The molecule has 0 amide bonds. The number of nitrogens with zero attached hydrogens (tertiary/aromatic N) is 1. The van der Waals surface area contributed by atoms with E-state index < -0.39 is 11.9 Å². The molecular weight excluding hydrogens is 414 g/mol. The maximum atomic E-state index is 10.2. The molecule has 27 heavy (non-hydrogen) atoms. The van der Waals surface area contributed by atoms with E-state index >= 15 is 0 Å². The second-order valence-corrected chi connectivity index (χ2v) is 7.32. The SMILES string of the molecule is NC(N)=NCCCCCCCCC(=O)O.O=C(O)CCCCCCCCBr. The first-order valence-electron chi connectivity index (χ1n) is 9.95. The van der Waals surface area contributed by atoms with Gasteiger partial charge in [0.2, 0.25) is 0 Å². The van der Waals surface area contributed by atoms with Crippen molar-refractivity contribution in [3.8, 4) is 0 Å². The normalized spacial score (nSPS) is 9.96. The minimum absolute atomic E-state index is 0.149. The van der Waals surface area contributed by atoms with Gasteiger partial charge in [-0.3, -0.25) is 14.6 Å². The van der Waals surface area contributed by atoms with E-state index in [1.54, 1.807) is 0 Å². The lowest BCUT2D eigenvalue weighted by Gasteiger charge is -1.99. The zero-order chi connectivity index (χ0) is 20.8. The Labute approximate surface area is 172 Å². The second kappa shape index (κ2) is 22.7. The van der Waals surface area contributed by atoms with Crippen LogP contribution in [0.4, 0.5) is 0 Å². The molecule has 0 aliphatic carbocycles. The molecule has 0 aliphatic heterocycles. The third-order valence-electron chi connectivity index (χ3n) is 3.87. The highest BCUT2D eigenvalue weighted by atomic mass is 79.9. The number of guanidine groups is 1. The molecule has 6 N–H and O–H groups in total. The lowest BCUT2D eigenvalue weighted by atomic mass is 10.1. The Morgan fingerprint density at radius 2 is 1.04 bits per heavy atom. The van der Waals surface area contributed by atoms with Crippen LogP contribution in [0.25, 0.3) is 0 Å². The lowest BCUT2D eigenvalue weighted by molar-refractivity contribution is -0.138. The van der Waals surface area contributed by atoms with E-state index in [1.165, 1.54) is 25.7 Å². The maximum Gasteiger partial charge on any atom is 0.303 e. The van der Waals surface area contributed by atoms with E-state index in [-0.39, 0.29) is 12.4 Å². The van der Waals surface area contributed by atoms with Crippen molar-refractivity contribution < 1.29 is 19.8 Å². The van der Waals surface area contributed by atoms with Crippen LogP contribution < -0.4 is 11.5 Å². The maximum absolute atomic E-state index is 10.2. The van der Waals surface area contributed by atoms with Crippen molar-refractivity contribution in [1.82, 2.24) is 0 Å². The van der Waals surface area contributed by atoms with Crippen LogP contribution in [0.1, 0.15) is 89.9 Å². The number of alkyl halides is 1. The molecule has 7 nitrogen and oxygen atoms in total. The second-order valence-electron chi connectivity index (χ2n) is 6.53. The van der Waals surface area contributed by atoms with E-state index in [0.29, 0.717) is 13.0 Å². The number of carbonyl (C=O) groups is 2. The average molecular weight is 452 g/mol. The summed E-state index contributed by atoms with van der Waals surface area (Å²) >= 11 is 3.37. The third-order valence-corrected chi connectivity index (χ3v) is 4.43. The molecule has 160 valence electrons. The molecule has 0 radical (unpaired) electrons. The summed E-state index contributed by atoms with van der Waals surface area (Å²) in [6, 6.07) is 0. The van der Waals surface area contributed by atoms with Gasteiger partial charge in [-0.2, -0.15) is 0 Å². The number of carboxylic acids is 2. The number of carboxylic acid groups (broad SMARTS) is 2. The fourth-order valence-corrected chi connectivity index (χ4v) is 2.78. The number of nitrogens with two attached hydrogens (primary N) is 2. The van der Waals surface area contributed by atoms with Crippen LogP contribution in [0.5, 0.6) is 0 Å². The zero-order valence-corrected chi connectivity index (χ0v) is 18.1. The number of aliphatic imine (C=N–C) groups is 1. The van der Waals surface area contributed by atoms with E-state index in [0.717, 1.165) is 56.7 Å². The Bertz CT molecular complexity index is 389. The first-order valence-corrected chi connectivity index (χ1v) is 11.1. The summed E-state index contributed by atoms with van der Waals surface area (Å²) in [5.74, 6) is -1.23. The van der Waals surface area contributed by atoms with Crippen LogP contribution in [-0.2, 0) is 9.59 Å². The zero-order valence-electron chi connectivity index (χ0n) is 16.5. The van der Waals surface area contributed by atoms with Crippen molar-refractivity contribution >= 4 is 33.8 Å². The number of aliphatic carboxylic acids is 2. The molecule has 0 saturated heterocycles. The standard InChI is InChI=1S/C10H21N3O2.C9H17BrO2/c11-10(12)13-8-6-4-2-1-3-5-7-9(14)15;10-8-6-4-2-1-3-5-7-9(11)12/h1-8H2,(H,14,15)(H4,11,12,13);1-8H2,(H,11,12). The van der Waals surface area contributed by atoms with Crippen molar-refractivity contribution in [2.45, 2.75) is 89.9 Å². The summed E-state index contributed by atoms with van der Waals surface area (Å²) in [5, 5.41) is 17.8. The number of rotatable bonds is 17. The highest BCUT2D eigenvalue weighted by molar-refractivity contribution is 9.09. The molecule has 0 saturated carbocycles. The van der Waals surface area contributed by atoms with Gasteiger partial charge in [0.05, 0.1) is 0 Å². The molecule has 0 atom stereocenters. The van der Waals surface area contributed by atoms with Crippen LogP contribution in [0.15, 0.2) is 4.99 Å². The summed E-state index contributed by atoms with van der Waals surface area (Å²) in [4.78, 5) is 24.2. The van der Waals surface area contributed by atoms with Crippen LogP contribution in [-0.4, -0.2) is 40.0 Å². The molecule has 8 heteroatoms. The van der Waals surface area contributed by atoms with E-state index in [2.05, 4.69) is 20.9 Å². The van der Waals surface area contributed by atoms with Gasteiger partial charge in [0.1, 0.15) is 0 Å². The number of hydrogen-bond donors (Lipinski definition) is 4. The highest BCUT2D eigenvalue weighted by Crippen LogP contribution is 2.08. The van der Waals surface area contributed by atoms with Crippen molar-refractivity contribution in [2.75, 3.05) is 11.9 Å². The van der Waals surface area contributed by atoms with E-state index in [4.69, 9.17) is 21.7 Å². The summed E-state index contributed by atoms with van der Waals surface area (Å²) in [5.41, 5.74) is 10.3. The van der Waals surface area contributed by atoms with E-state index in [9.17, 15) is 9.59 Å². The third kappa shape index (κ3) is 32.8. The quantitative estimate of drug-likeness (QED) is 0.112.